The predicted molar refractivity (Wildman–Crippen MR) is 67.4 cm³/mol. The van der Waals surface area contributed by atoms with E-state index in [1.807, 2.05) is 25.1 Å². The van der Waals surface area contributed by atoms with Gasteiger partial charge in [-0.1, -0.05) is 6.92 Å². The molecule has 0 amide bonds. The van der Waals surface area contributed by atoms with E-state index in [9.17, 15) is 9.90 Å². The number of carboxylic acids is 1. The van der Waals surface area contributed by atoms with E-state index in [1.165, 1.54) is 0 Å². The summed E-state index contributed by atoms with van der Waals surface area (Å²) in [6, 6.07) is -0.573. The molecule has 1 aromatic rings. The minimum Gasteiger partial charge on any atom is -0.480 e. The molecule has 18 heavy (non-hydrogen) atoms. The number of aryl methyl sites for hydroxylation is 2. The Morgan fingerprint density at radius 3 is 2.78 bits per heavy atom. The van der Waals surface area contributed by atoms with Crippen molar-refractivity contribution in [2.75, 3.05) is 26.2 Å². The van der Waals surface area contributed by atoms with Crippen molar-refractivity contribution < 1.29 is 9.90 Å². The highest BCUT2D eigenvalue weighted by Crippen LogP contribution is 2.24. The topological polar surface area (TPSA) is 70.4 Å². The van der Waals surface area contributed by atoms with Crippen LogP contribution in [-0.2, 0) is 18.3 Å². The Bertz CT molecular complexity index is 424. The first-order valence-electron chi connectivity index (χ1n) is 6.33. The summed E-state index contributed by atoms with van der Waals surface area (Å²) in [4.78, 5) is 13.6. The highest BCUT2D eigenvalue weighted by atomic mass is 16.4. The molecule has 1 aliphatic heterocycles. The second kappa shape index (κ2) is 5.49. The quantitative estimate of drug-likeness (QED) is 0.790. The maximum atomic E-state index is 11.6. The zero-order chi connectivity index (χ0) is 13.1. The molecule has 1 saturated heterocycles. The molecular formula is C12H20N4O2. The van der Waals surface area contributed by atoms with Crippen LogP contribution in [0.15, 0.2) is 6.20 Å². The van der Waals surface area contributed by atoms with Gasteiger partial charge in [-0.05, 0) is 6.42 Å². The lowest BCUT2D eigenvalue weighted by molar-refractivity contribution is -0.143. The van der Waals surface area contributed by atoms with Gasteiger partial charge in [0.25, 0.3) is 0 Å². The van der Waals surface area contributed by atoms with Crippen molar-refractivity contribution in [2.45, 2.75) is 19.4 Å². The molecule has 1 unspecified atom stereocenters. The summed E-state index contributed by atoms with van der Waals surface area (Å²) in [5.74, 6) is -0.792. The van der Waals surface area contributed by atoms with Crippen molar-refractivity contribution in [1.82, 2.24) is 20.0 Å². The molecule has 6 heteroatoms. The van der Waals surface area contributed by atoms with Crippen LogP contribution in [0.1, 0.15) is 24.2 Å². The van der Waals surface area contributed by atoms with E-state index >= 15 is 0 Å². The molecular weight excluding hydrogens is 232 g/mol. The smallest absolute Gasteiger partial charge is 0.325 e. The molecule has 100 valence electrons. The minimum atomic E-state index is -0.792. The van der Waals surface area contributed by atoms with Crippen molar-refractivity contribution in [3.8, 4) is 0 Å². The maximum absolute atomic E-state index is 11.6. The SMILES string of the molecule is CCc1nn(C)cc1C(C(=O)O)N1CCNCC1. The summed E-state index contributed by atoms with van der Waals surface area (Å²) in [6.07, 6.45) is 2.59. The third kappa shape index (κ3) is 2.54. The highest BCUT2D eigenvalue weighted by Gasteiger charge is 2.31. The number of piperazine rings is 1. The third-order valence-electron chi connectivity index (χ3n) is 3.32. The predicted octanol–water partition coefficient (Wildman–Crippen LogP) is 0.0134. The van der Waals surface area contributed by atoms with E-state index in [0.717, 1.165) is 43.9 Å². The molecule has 0 aliphatic carbocycles. The normalized spacial score (nSPS) is 18.8. The van der Waals surface area contributed by atoms with Gasteiger partial charge in [0.15, 0.2) is 0 Å². The number of hydrogen-bond acceptors (Lipinski definition) is 4. The van der Waals surface area contributed by atoms with E-state index in [2.05, 4.69) is 10.4 Å². The number of nitrogens with one attached hydrogen (secondary N) is 1. The Hall–Kier alpha value is -1.40. The second-order valence-corrected chi connectivity index (χ2v) is 4.59. The average Bonchev–Trinajstić information content (AvgIpc) is 2.71. The van der Waals surface area contributed by atoms with Crippen LogP contribution in [0.5, 0.6) is 0 Å². The van der Waals surface area contributed by atoms with Crippen LogP contribution in [0.3, 0.4) is 0 Å². The van der Waals surface area contributed by atoms with Gasteiger partial charge in [-0.25, -0.2) is 0 Å². The molecule has 1 atom stereocenters. The average molecular weight is 252 g/mol. The van der Waals surface area contributed by atoms with Gasteiger partial charge < -0.3 is 10.4 Å². The van der Waals surface area contributed by atoms with Gasteiger partial charge in [-0.15, -0.1) is 0 Å². The van der Waals surface area contributed by atoms with Crippen LogP contribution in [0.2, 0.25) is 0 Å². The summed E-state index contributed by atoms with van der Waals surface area (Å²) in [6.45, 7) is 5.20. The molecule has 2 heterocycles. The van der Waals surface area contributed by atoms with Crippen molar-refractivity contribution in [3.05, 3.63) is 17.5 Å². The Morgan fingerprint density at radius 2 is 2.22 bits per heavy atom. The fourth-order valence-corrected chi connectivity index (χ4v) is 2.48. The zero-order valence-corrected chi connectivity index (χ0v) is 10.9. The number of nitrogens with zero attached hydrogens (tertiary/aromatic N) is 3. The van der Waals surface area contributed by atoms with E-state index < -0.39 is 12.0 Å². The van der Waals surface area contributed by atoms with Crippen LogP contribution in [-0.4, -0.2) is 51.9 Å². The Kier molecular flexibility index (Phi) is 3.98. The van der Waals surface area contributed by atoms with E-state index in [4.69, 9.17) is 0 Å². The summed E-state index contributed by atoms with van der Waals surface area (Å²) in [5.41, 5.74) is 1.71. The van der Waals surface area contributed by atoms with E-state index in [-0.39, 0.29) is 0 Å². The molecule has 0 spiro atoms. The lowest BCUT2D eigenvalue weighted by Crippen LogP contribution is -2.47. The van der Waals surface area contributed by atoms with Crippen LogP contribution in [0.25, 0.3) is 0 Å². The van der Waals surface area contributed by atoms with Crippen LogP contribution >= 0.6 is 0 Å². The van der Waals surface area contributed by atoms with Crippen LogP contribution in [0.4, 0.5) is 0 Å². The van der Waals surface area contributed by atoms with Crippen molar-refractivity contribution in [3.63, 3.8) is 0 Å². The van der Waals surface area contributed by atoms with Crippen molar-refractivity contribution in [2.24, 2.45) is 7.05 Å². The molecule has 0 radical (unpaired) electrons. The van der Waals surface area contributed by atoms with E-state index in [0.29, 0.717) is 0 Å². The van der Waals surface area contributed by atoms with Gasteiger partial charge in [0.1, 0.15) is 6.04 Å². The second-order valence-electron chi connectivity index (χ2n) is 4.59. The largest absolute Gasteiger partial charge is 0.480 e. The van der Waals surface area contributed by atoms with E-state index in [1.54, 1.807) is 4.68 Å². The van der Waals surface area contributed by atoms with Gasteiger partial charge in [-0.2, -0.15) is 5.10 Å². The third-order valence-corrected chi connectivity index (χ3v) is 3.32. The zero-order valence-electron chi connectivity index (χ0n) is 10.9. The first kappa shape index (κ1) is 13.0. The van der Waals surface area contributed by atoms with Crippen LogP contribution < -0.4 is 5.32 Å². The summed E-state index contributed by atoms with van der Waals surface area (Å²) in [7, 11) is 1.83. The molecule has 2 N–H and O–H groups in total. The fraction of sp³-hybridized carbons (Fsp3) is 0.667. The number of carboxylic acid groups (broad SMARTS) is 1. The number of hydrogen-bond donors (Lipinski definition) is 2. The van der Waals surface area contributed by atoms with Gasteiger partial charge in [-0.3, -0.25) is 14.4 Å². The Labute approximate surface area is 107 Å². The molecule has 2 rings (SSSR count). The van der Waals surface area contributed by atoms with Crippen molar-refractivity contribution in [1.29, 1.82) is 0 Å². The van der Waals surface area contributed by atoms with Gasteiger partial charge in [0, 0.05) is 45.0 Å². The van der Waals surface area contributed by atoms with Gasteiger partial charge in [0.05, 0.1) is 5.69 Å². The number of aliphatic carboxylic acids is 1. The minimum absolute atomic E-state index is 0.573. The fourth-order valence-electron chi connectivity index (χ4n) is 2.48. The monoisotopic (exact) mass is 252 g/mol. The maximum Gasteiger partial charge on any atom is 0.325 e. The van der Waals surface area contributed by atoms with Gasteiger partial charge >= 0.3 is 5.97 Å². The summed E-state index contributed by atoms with van der Waals surface area (Å²) < 4.78 is 1.70. The highest BCUT2D eigenvalue weighted by molar-refractivity contribution is 5.76. The number of carbonyl (C=O) groups is 1. The summed E-state index contributed by atoms with van der Waals surface area (Å²) >= 11 is 0. The first-order chi connectivity index (χ1) is 8.63. The molecule has 1 fully saturated rings. The molecule has 1 aliphatic rings. The molecule has 0 saturated carbocycles. The van der Waals surface area contributed by atoms with Crippen molar-refractivity contribution >= 4 is 5.97 Å². The Balaban J connectivity index is 2.31. The molecule has 6 nitrogen and oxygen atoms in total. The van der Waals surface area contributed by atoms with Gasteiger partial charge in [0.2, 0.25) is 0 Å². The number of rotatable bonds is 4. The lowest BCUT2D eigenvalue weighted by Gasteiger charge is -2.32. The molecule has 0 aromatic carbocycles. The standard InChI is InChI=1S/C12H20N4O2/c1-3-10-9(8-15(2)14-10)11(12(17)18)16-6-4-13-5-7-16/h8,11,13H,3-7H2,1-2H3,(H,17,18). The molecule has 0 bridgehead atoms. The van der Waals surface area contributed by atoms with Crippen LogP contribution in [0, 0.1) is 0 Å². The summed E-state index contributed by atoms with van der Waals surface area (Å²) in [5, 5.41) is 17.1. The lowest BCUT2D eigenvalue weighted by atomic mass is 10.0. The first-order valence-corrected chi connectivity index (χ1v) is 6.33. The molecule has 1 aromatic heterocycles. The Morgan fingerprint density at radius 1 is 1.56 bits per heavy atom. The number of aromatic nitrogens is 2.